The number of halogens is 2. The Hall–Kier alpha value is -2.22. The lowest BCUT2D eigenvalue weighted by molar-refractivity contribution is -0.166. The average molecular weight is 392 g/mol. The summed E-state index contributed by atoms with van der Waals surface area (Å²) in [6.07, 6.45) is 9.16. The minimum atomic E-state index is -2.96. The fourth-order valence-electron chi connectivity index (χ4n) is 4.65. The predicted molar refractivity (Wildman–Crippen MR) is 102 cm³/mol. The highest BCUT2D eigenvalue weighted by atomic mass is 19.3. The standard InChI is InChI=1S/C20H26F2N4O2/c1-11(2)25-26-16(13-8-17(28-19(21)22)18(23)24-10-13)4-3-14-12-7-15(14)20(9-12)5-6-27-20/h3-4,8,10-12,14-15,19,25H,5-7,9H2,1-2H3,(H2,23,24)/b4-3+,26-16+/t12-,14?,15?,20?/m1/s1. The fraction of sp³-hybridized carbons (Fsp3) is 0.600. The molecular formula is C20H26F2N4O2. The van der Waals surface area contributed by atoms with E-state index in [2.05, 4.69) is 26.3 Å². The van der Waals surface area contributed by atoms with Gasteiger partial charge in [0.15, 0.2) is 11.6 Å². The molecule has 8 heteroatoms. The molecule has 1 spiro atoms. The summed E-state index contributed by atoms with van der Waals surface area (Å²) >= 11 is 0. The average Bonchev–Trinajstić information content (AvgIpc) is 3.15. The Labute approximate surface area is 163 Å². The van der Waals surface area contributed by atoms with Crippen LogP contribution in [0.5, 0.6) is 5.75 Å². The highest BCUT2D eigenvalue weighted by Gasteiger charge is 2.63. The van der Waals surface area contributed by atoms with Gasteiger partial charge < -0.3 is 20.6 Å². The number of alkyl halides is 2. The van der Waals surface area contributed by atoms with Crippen LogP contribution < -0.4 is 15.9 Å². The molecule has 5 rings (SSSR count). The number of rotatable bonds is 7. The summed E-state index contributed by atoms with van der Waals surface area (Å²) in [6.45, 7) is 1.85. The summed E-state index contributed by atoms with van der Waals surface area (Å²) < 4.78 is 35.6. The van der Waals surface area contributed by atoms with Crippen LogP contribution in [-0.4, -0.2) is 35.6 Å². The van der Waals surface area contributed by atoms with E-state index in [4.69, 9.17) is 10.5 Å². The van der Waals surface area contributed by atoms with Crippen LogP contribution in [0.25, 0.3) is 0 Å². The number of nitrogens with one attached hydrogen (secondary N) is 1. The van der Waals surface area contributed by atoms with Crippen LogP contribution in [0.4, 0.5) is 14.6 Å². The first-order valence-corrected chi connectivity index (χ1v) is 9.74. The fourth-order valence-corrected chi connectivity index (χ4v) is 4.65. The number of anilines is 1. The molecule has 4 atom stereocenters. The largest absolute Gasteiger partial charge is 0.431 e. The normalized spacial score (nSPS) is 31.5. The van der Waals surface area contributed by atoms with E-state index in [1.165, 1.54) is 18.7 Å². The van der Waals surface area contributed by atoms with E-state index < -0.39 is 6.61 Å². The summed E-state index contributed by atoms with van der Waals surface area (Å²) in [7, 11) is 0. The molecule has 4 aliphatic rings. The van der Waals surface area contributed by atoms with Gasteiger partial charge in [0.2, 0.25) is 0 Å². The zero-order valence-electron chi connectivity index (χ0n) is 16.1. The van der Waals surface area contributed by atoms with E-state index in [1.807, 2.05) is 19.9 Å². The van der Waals surface area contributed by atoms with Gasteiger partial charge in [-0.25, -0.2) is 4.98 Å². The maximum absolute atomic E-state index is 12.6. The monoisotopic (exact) mass is 392 g/mol. The van der Waals surface area contributed by atoms with E-state index in [-0.39, 0.29) is 23.2 Å². The highest BCUT2D eigenvalue weighted by Crippen LogP contribution is 2.64. The van der Waals surface area contributed by atoms with Crippen molar-refractivity contribution in [3.63, 3.8) is 0 Å². The lowest BCUT2D eigenvalue weighted by Crippen LogP contribution is -2.47. The van der Waals surface area contributed by atoms with E-state index in [0.717, 1.165) is 19.4 Å². The molecule has 152 valence electrons. The Morgan fingerprint density at radius 1 is 1.50 bits per heavy atom. The zero-order valence-corrected chi connectivity index (χ0v) is 16.1. The van der Waals surface area contributed by atoms with Gasteiger partial charge in [0.25, 0.3) is 0 Å². The second-order valence-electron chi connectivity index (χ2n) is 8.17. The number of nitrogens with zero attached hydrogens (tertiary/aromatic N) is 2. The van der Waals surface area contributed by atoms with Crippen LogP contribution in [0.1, 0.15) is 38.7 Å². The first kappa shape index (κ1) is 19.1. The Morgan fingerprint density at radius 3 is 2.89 bits per heavy atom. The molecule has 4 fully saturated rings. The van der Waals surface area contributed by atoms with E-state index in [1.54, 1.807) is 0 Å². The van der Waals surface area contributed by atoms with Crippen LogP contribution in [0.3, 0.4) is 0 Å². The predicted octanol–water partition coefficient (Wildman–Crippen LogP) is 3.34. The van der Waals surface area contributed by atoms with Crippen molar-refractivity contribution < 1.29 is 18.3 Å². The van der Waals surface area contributed by atoms with Crippen molar-refractivity contribution in [2.24, 2.45) is 22.9 Å². The molecule has 3 saturated carbocycles. The van der Waals surface area contributed by atoms with Gasteiger partial charge in [-0.2, -0.15) is 13.9 Å². The molecule has 6 nitrogen and oxygen atoms in total. The van der Waals surface area contributed by atoms with Crippen molar-refractivity contribution in [3.8, 4) is 5.75 Å². The topological polar surface area (TPSA) is 81.8 Å². The van der Waals surface area contributed by atoms with Crippen LogP contribution in [-0.2, 0) is 4.74 Å². The number of ether oxygens (including phenoxy) is 2. The number of hydrogen-bond donors (Lipinski definition) is 2. The minimum Gasteiger partial charge on any atom is -0.431 e. The first-order valence-electron chi connectivity index (χ1n) is 9.74. The number of hydrogen-bond acceptors (Lipinski definition) is 6. The number of allylic oxidation sites excluding steroid dienone is 2. The van der Waals surface area contributed by atoms with Crippen LogP contribution in [0.15, 0.2) is 29.5 Å². The highest BCUT2D eigenvalue weighted by molar-refractivity contribution is 6.08. The van der Waals surface area contributed by atoms with Gasteiger partial charge in [0, 0.05) is 24.2 Å². The second kappa shape index (κ2) is 7.31. The zero-order chi connectivity index (χ0) is 19.9. The molecule has 28 heavy (non-hydrogen) atoms. The molecule has 2 bridgehead atoms. The number of nitrogens with two attached hydrogens (primary N) is 1. The molecule has 1 aliphatic heterocycles. The van der Waals surface area contributed by atoms with Gasteiger partial charge >= 0.3 is 6.61 Å². The van der Waals surface area contributed by atoms with Crippen molar-refractivity contribution in [1.82, 2.24) is 10.4 Å². The van der Waals surface area contributed by atoms with E-state index in [0.29, 0.717) is 29.0 Å². The first-order chi connectivity index (χ1) is 13.4. The lowest BCUT2D eigenvalue weighted by atomic mass is 9.68. The van der Waals surface area contributed by atoms with Gasteiger partial charge in [-0.3, -0.25) is 0 Å². The summed E-state index contributed by atoms with van der Waals surface area (Å²) in [6, 6.07) is 1.58. The third-order valence-electron chi connectivity index (χ3n) is 6.08. The van der Waals surface area contributed by atoms with Gasteiger partial charge in [-0.15, -0.1) is 0 Å². The molecule has 3 N–H and O–H groups in total. The quantitative estimate of drug-likeness (QED) is 0.549. The number of nitrogen functional groups attached to an aromatic ring is 1. The van der Waals surface area contributed by atoms with Crippen molar-refractivity contribution in [3.05, 3.63) is 30.0 Å². The third-order valence-corrected chi connectivity index (χ3v) is 6.08. The molecular weight excluding hydrogens is 366 g/mol. The number of hydrazone groups is 1. The Morgan fingerprint density at radius 2 is 2.29 bits per heavy atom. The Kier molecular flexibility index (Phi) is 4.99. The van der Waals surface area contributed by atoms with Crippen molar-refractivity contribution in [2.75, 3.05) is 12.3 Å². The summed E-state index contributed by atoms with van der Waals surface area (Å²) in [4.78, 5) is 3.99. The molecule has 1 aromatic heterocycles. The Bertz CT molecular complexity index is 792. The SMILES string of the molecule is CC(C)N/N=C(\C=C\C1C2C[C@@H]1CC21CCO1)c1cnc(N)c(OC(F)F)c1. The van der Waals surface area contributed by atoms with Gasteiger partial charge in [0.05, 0.1) is 17.9 Å². The van der Waals surface area contributed by atoms with E-state index in [9.17, 15) is 8.78 Å². The summed E-state index contributed by atoms with van der Waals surface area (Å²) in [5.41, 5.74) is 9.95. The molecule has 2 heterocycles. The molecule has 1 saturated heterocycles. The van der Waals surface area contributed by atoms with Gasteiger partial charge in [0.1, 0.15) is 0 Å². The van der Waals surface area contributed by atoms with Crippen molar-refractivity contribution in [2.45, 2.75) is 51.4 Å². The summed E-state index contributed by atoms with van der Waals surface area (Å²) in [5.74, 6) is 1.48. The molecule has 3 unspecified atom stereocenters. The molecule has 3 aliphatic carbocycles. The van der Waals surface area contributed by atoms with Crippen LogP contribution in [0, 0.1) is 17.8 Å². The summed E-state index contributed by atoms with van der Waals surface area (Å²) in [5, 5.41) is 4.44. The van der Waals surface area contributed by atoms with Crippen LogP contribution >= 0.6 is 0 Å². The van der Waals surface area contributed by atoms with Gasteiger partial charge in [-0.05, 0) is 56.6 Å². The number of pyridine rings is 1. The number of aromatic nitrogens is 1. The molecule has 0 aromatic carbocycles. The van der Waals surface area contributed by atoms with Gasteiger partial charge in [-0.1, -0.05) is 6.08 Å². The lowest BCUT2D eigenvalue weighted by Gasteiger charge is -2.45. The second-order valence-corrected chi connectivity index (χ2v) is 8.17. The van der Waals surface area contributed by atoms with E-state index >= 15 is 0 Å². The smallest absolute Gasteiger partial charge is 0.387 e. The van der Waals surface area contributed by atoms with Crippen LogP contribution in [0.2, 0.25) is 0 Å². The minimum absolute atomic E-state index is 0.0784. The third kappa shape index (κ3) is 3.45. The molecule has 0 radical (unpaired) electrons. The molecule has 1 aromatic rings. The maximum Gasteiger partial charge on any atom is 0.387 e. The van der Waals surface area contributed by atoms with Crippen molar-refractivity contribution >= 4 is 11.5 Å². The molecule has 0 amide bonds. The van der Waals surface area contributed by atoms with Crippen molar-refractivity contribution in [1.29, 1.82) is 0 Å². The Balaban J connectivity index is 1.56. The maximum atomic E-state index is 12.6.